The van der Waals surface area contributed by atoms with E-state index in [4.69, 9.17) is 9.47 Å². The Morgan fingerprint density at radius 2 is 1.83 bits per heavy atom. The van der Waals surface area contributed by atoms with Crippen LogP contribution in [0.2, 0.25) is 0 Å². The van der Waals surface area contributed by atoms with Gasteiger partial charge in [-0.25, -0.2) is 8.42 Å². The first-order chi connectivity index (χ1) is 8.45. The molecule has 7 heteroatoms. The molecule has 0 atom stereocenters. The molecule has 0 aromatic carbocycles. The third kappa shape index (κ3) is 13.4. The van der Waals surface area contributed by atoms with Crippen molar-refractivity contribution in [1.29, 1.82) is 0 Å². The predicted molar refractivity (Wildman–Crippen MR) is 69.3 cm³/mol. The van der Waals surface area contributed by atoms with Gasteiger partial charge in [-0.2, -0.15) is 0 Å². The van der Waals surface area contributed by atoms with E-state index >= 15 is 0 Å². The summed E-state index contributed by atoms with van der Waals surface area (Å²) in [4.78, 5) is 11.3. The smallest absolute Gasteiger partial charge is 0.220 e. The molecule has 0 saturated heterocycles. The number of hydrogen-bond donors (Lipinski definition) is 1. The Morgan fingerprint density at radius 1 is 1.17 bits per heavy atom. The molecule has 0 unspecified atom stereocenters. The summed E-state index contributed by atoms with van der Waals surface area (Å²) in [5, 5.41) is 2.66. The lowest BCUT2D eigenvalue weighted by atomic mass is 10.3. The van der Waals surface area contributed by atoms with Crippen LogP contribution in [0.15, 0.2) is 0 Å². The first-order valence-electron chi connectivity index (χ1n) is 6.05. The molecule has 0 radical (unpaired) electrons. The average molecular weight is 281 g/mol. The van der Waals surface area contributed by atoms with Crippen LogP contribution in [-0.2, 0) is 24.1 Å². The molecule has 18 heavy (non-hydrogen) atoms. The number of carbonyl (C=O) groups excluding carboxylic acids is 1. The monoisotopic (exact) mass is 281 g/mol. The number of carbonyl (C=O) groups is 1. The fourth-order valence-corrected chi connectivity index (χ4v) is 1.88. The highest BCUT2D eigenvalue weighted by molar-refractivity contribution is 7.90. The molecule has 0 heterocycles. The third-order valence-corrected chi connectivity index (χ3v) is 3.09. The van der Waals surface area contributed by atoms with Gasteiger partial charge in [-0.05, 0) is 13.3 Å². The van der Waals surface area contributed by atoms with Crippen LogP contribution in [0.25, 0.3) is 0 Å². The summed E-state index contributed by atoms with van der Waals surface area (Å²) < 4.78 is 32.0. The average Bonchev–Trinajstić information content (AvgIpc) is 2.26. The molecule has 6 nitrogen and oxygen atoms in total. The standard InChI is InChI=1S/C11H23NO5S/c1-3-16-8-9-17-7-6-12-11(13)5-4-10-18(2,14)15/h3-10H2,1-2H3,(H,12,13). The highest BCUT2D eigenvalue weighted by Crippen LogP contribution is 1.94. The molecule has 0 aliphatic carbocycles. The number of ether oxygens (including phenoxy) is 2. The molecule has 0 bridgehead atoms. The van der Waals surface area contributed by atoms with Gasteiger partial charge in [0.1, 0.15) is 9.84 Å². The molecular formula is C11H23NO5S. The SMILES string of the molecule is CCOCCOCCNC(=O)CCCS(C)(=O)=O. The summed E-state index contributed by atoms with van der Waals surface area (Å²) in [6, 6.07) is 0. The molecule has 1 amide bonds. The lowest BCUT2D eigenvalue weighted by molar-refractivity contribution is -0.121. The van der Waals surface area contributed by atoms with Crippen LogP contribution in [0.3, 0.4) is 0 Å². The number of sulfone groups is 1. The summed E-state index contributed by atoms with van der Waals surface area (Å²) in [5.74, 6) is -0.0993. The van der Waals surface area contributed by atoms with Gasteiger partial charge in [0.05, 0.1) is 25.6 Å². The topological polar surface area (TPSA) is 81.7 Å². The molecule has 0 fully saturated rings. The van der Waals surface area contributed by atoms with Crippen LogP contribution >= 0.6 is 0 Å². The maximum Gasteiger partial charge on any atom is 0.220 e. The molecule has 0 spiro atoms. The van der Waals surface area contributed by atoms with E-state index in [0.29, 0.717) is 39.4 Å². The van der Waals surface area contributed by atoms with Gasteiger partial charge in [-0.3, -0.25) is 4.79 Å². The van der Waals surface area contributed by atoms with Crippen molar-refractivity contribution in [2.45, 2.75) is 19.8 Å². The molecule has 0 aliphatic heterocycles. The van der Waals surface area contributed by atoms with Crippen LogP contribution in [-0.4, -0.2) is 59.3 Å². The van der Waals surface area contributed by atoms with Crippen molar-refractivity contribution in [2.24, 2.45) is 0 Å². The Bertz CT molecular complexity index is 315. The highest BCUT2D eigenvalue weighted by Gasteiger charge is 2.05. The minimum absolute atomic E-state index is 0.0469. The van der Waals surface area contributed by atoms with Gasteiger partial charge in [-0.15, -0.1) is 0 Å². The van der Waals surface area contributed by atoms with Crippen LogP contribution in [0.4, 0.5) is 0 Å². The van der Waals surface area contributed by atoms with Gasteiger partial charge in [0.25, 0.3) is 0 Å². The van der Waals surface area contributed by atoms with Gasteiger partial charge in [-0.1, -0.05) is 0 Å². The maximum atomic E-state index is 11.3. The number of rotatable bonds is 11. The quantitative estimate of drug-likeness (QED) is 0.538. The largest absolute Gasteiger partial charge is 0.379 e. The molecule has 0 aromatic heterocycles. The number of nitrogens with one attached hydrogen (secondary N) is 1. The van der Waals surface area contributed by atoms with E-state index in [-0.39, 0.29) is 18.1 Å². The van der Waals surface area contributed by atoms with Gasteiger partial charge in [0.2, 0.25) is 5.91 Å². The summed E-state index contributed by atoms with van der Waals surface area (Å²) in [5.41, 5.74) is 0. The van der Waals surface area contributed by atoms with Crippen molar-refractivity contribution in [2.75, 3.05) is 45.0 Å². The van der Waals surface area contributed by atoms with Gasteiger partial charge >= 0.3 is 0 Å². The number of hydrogen-bond acceptors (Lipinski definition) is 5. The zero-order valence-electron chi connectivity index (χ0n) is 11.1. The van der Waals surface area contributed by atoms with Crippen molar-refractivity contribution < 1.29 is 22.7 Å². The Balaban J connectivity index is 3.32. The van der Waals surface area contributed by atoms with Crippen molar-refractivity contribution in [3.05, 3.63) is 0 Å². The minimum atomic E-state index is -2.98. The van der Waals surface area contributed by atoms with E-state index in [1.54, 1.807) is 0 Å². The summed E-state index contributed by atoms with van der Waals surface area (Å²) in [6.45, 7) is 4.52. The number of amides is 1. The Labute approximate surface area is 109 Å². The second-order valence-electron chi connectivity index (χ2n) is 3.89. The minimum Gasteiger partial charge on any atom is -0.379 e. The lowest BCUT2D eigenvalue weighted by Gasteiger charge is -2.06. The van der Waals surface area contributed by atoms with Crippen LogP contribution in [0.5, 0.6) is 0 Å². The van der Waals surface area contributed by atoms with Crippen molar-refractivity contribution >= 4 is 15.7 Å². The van der Waals surface area contributed by atoms with Crippen LogP contribution in [0, 0.1) is 0 Å². The van der Waals surface area contributed by atoms with Gasteiger partial charge in [0.15, 0.2) is 0 Å². The Kier molecular flexibility index (Phi) is 9.90. The van der Waals surface area contributed by atoms with Crippen LogP contribution in [0.1, 0.15) is 19.8 Å². The summed E-state index contributed by atoms with van der Waals surface area (Å²) >= 11 is 0. The first-order valence-corrected chi connectivity index (χ1v) is 8.11. The molecule has 0 rings (SSSR count). The molecule has 0 saturated carbocycles. The second kappa shape index (κ2) is 10.3. The van der Waals surface area contributed by atoms with E-state index in [2.05, 4.69) is 5.32 Å². The van der Waals surface area contributed by atoms with Gasteiger partial charge < -0.3 is 14.8 Å². The van der Waals surface area contributed by atoms with E-state index < -0.39 is 9.84 Å². The second-order valence-corrected chi connectivity index (χ2v) is 6.15. The molecule has 108 valence electrons. The molecule has 0 aromatic rings. The first kappa shape index (κ1) is 17.3. The maximum absolute atomic E-state index is 11.3. The van der Waals surface area contributed by atoms with E-state index in [1.807, 2.05) is 6.92 Å². The zero-order valence-corrected chi connectivity index (χ0v) is 11.9. The van der Waals surface area contributed by atoms with Crippen LogP contribution < -0.4 is 5.32 Å². The van der Waals surface area contributed by atoms with E-state index in [0.717, 1.165) is 6.26 Å². The highest BCUT2D eigenvalue weighted by atomic mass is 32.2. The summed E-state index contributed by atoms with van der Waals surface area (Å²) in [7, 11) is -2.98. The van der Waals surface area contributed by atoms with E-state index in [9.17, 15) is 13.2 Å². The fraction of sp³-hybridized carbons (Fsp3) is 0.909. The van der Waals surface area contributed by atoms with Crippen molar-refractivity contribution in [3.63, 3.8) is 0 Å². The van der Waals surface area contributed by atoms with Crippen molar-refractivity contribution in [3.8, 4) is 0 Å². The summed E-state index contributed by atoms with van der Waals surface area (Å²) in [6.07, 6.45) is 1.75. The predicted octanol–water partition coefficient (Wildman–Crippen LogP) is -0.0195. The Morgan fingerprint density at radius 3 is 2.44 bits per heavy atom. The zero-order chi connectivity index (χ0) is 13.9. The lowest BCUT2D eigenvalue weighted by Crippen LogP contribution is -2.27. The molecule has 1 N–H and O–H groups in total. The fourth-order valence-electron chi connectivity index (χ4n) is 1.21. The third-order valence-electron chi connectivity index (χ3n) is 2.06. The Hall–Kier alpha value is -0.660. The normalized spacial score (nSPS) is 11.4. The van der Waals surface area contributed by atoms with Crippen molar-refractivity contribution in [1.82, 2.24) is 5.32 Å². The van der Waals surface area contributed by atoms with E-state index in [1.165, 1.54) is 0 Å². The molecule has 0 aliphatic rings. The van der Waals surface area contributed by atoms with Gasteiger partial charge in [0, 0.05) is 25.8 Å². The molecular weight excluding hydrogens is 258 g/mol.